The largest absolute Gasteiger partial charge is 0.304 e. The predicted molar refractivity (Wildman–Crippen MR) is 102 cm³/mol. The summed E-state index contributed by atoms with van der Waals surface area (Å²) in [6, 6.07) is 11.5. The van der Waals surface area contributed by atoms with Crippen LogP contribution in [0, 0.1) is 13.8 Å². The van der Waals surface area contributed by atoms with E-state index in [9.17, 15) is 0 Å². The lowest BCUT2D eigenvalue weighted by molar-refractivity contribution is 0.397. The Hall–Kier alpha value is -1.09. The lowest BCUT2D eigenvalue weighted by Crippen LogP contribution is -2.37. The number of halogens is 2. The smallest absolute Gasteiger partial charge is 0.0334 e. The number of aryl methyl sites for hydroxylation is 2. The van der Waals surface area contributed by atoms with E-state index in [1.807, 2.05) is 12.4 Å². The Morgan fingerprint density at radius 1 is 1.04 bits per heavy atom. The number of nitrogens with one attached hydrogen (secondary N) is 1. The first-order valence-electron chi connectivity index (χ1n) is 7.72. The van der Waals surface area contributed by atoms with Gasteiger partial charge in [-0.3, -0.25) is 4.98 Å². The number of hydrogen-bond donors (Lipinski definition) is 1. The molecule has 2 atom stereocenters. The van der Waals surface area contributed by atoms with Crippen LogP contribution in [0.15, 0.2) is 42.7 Å². The van der Waals surface area contributed by atoms with Crippen molar-refractivity contribution in [1.82, 2.24) is 10.3 Å². The van der Waals surface area contributed by atoms with E-state index < -0.39 is 0 Å². The summed E-state index contributed by atoms with van der Waals surface area (Å²) in [6.45, 7) is 8.99. The van der Waals surface area contributed by atoms with Crippen LogP contribution in [0.2, 0.25) is 0 Å². The maximum Gasteiger partial charge on any atom is 0.0334 e. The van der Waals surface area contributed by atoms with Gasteiger partial charge in [-0.15, -0.1) is 24.8 Å². The number of benzene rings is 1. The number of nitrogens with zero attached hydrogens (tertiary/aromatic N) is 1. The van der Waals surface area contributed by atoms with Gasteiger partial charge in [0.15, 0.2) is 0 Å². The Bertz CT molecular complexity index is 641. The molecule has 23 heavy (non-hydrogen) atoms. The second-order valence-electron chi connectivity index (χ2n) is 6.85. The van der Waals surface area contributed by atoms with Crippen LogP contribution in [0.3, 0.4) is 0 Å². The molecule has 2 heterocycles. The summed E-state index contributed by atoms with van der Waals surface area (Å²) in [4.78, 5) is 4.15. The highest BCUT2D eigenvalue weighted by Crippen LogP contribution is 2.44. The van der Waals surface area contributed by atoms with Crippen molar-refractivity contribution in [1.29, 1.82) is 0 Å². The van der Waals surface area contributed by atoms with Gasteiger partial charge in [0.25, 0.3) is 0 Å². The Balaban J connectivity index is 0.00000132. The van der Waals surface area contributed by atoms with Crippen LogP contribution in [-0.2, 0) is 0 Å². The highest BCUT2D eigenvalue weighted by molar-refractivity contribution is 5.85. The van der Waals surface area contributed by atoms with Crippen molar-refractivity contribution in [2.24, 2.45) is 0 Å². The molecule has 0 spiro atoms. The van der Waals surface area contributed by atoms with Crippen LogP contribution in [0.5, 0.6) is 0 Å². The quantitative estimate of drug-likeness (QED) is 0.809. The van der Waals surface area contributed by atoms with E-state index in [1.54, 1.807) is 0 Å². The van der Waals surface area contributed by atoms with Crippen molar-refractivity contribution in [3.05, 3.63) is 65.0 Å². The minimum atomic E-state index is 0. The van der Waals surface area contributed by atoms with E-state index in [0.717, 1.165) is 6.42 Å². The van der Waals surface area contributed by atoms with Crippen molar-refractivity contribution in [2.45, 2.75) is 51.6 Å². The van der Waals surface area contributed by atoms with Gasteiger partial charge in [-0.2, -0.15) is 0 Å². The van der Waals surface area contributed by atoms with Crippen LogP contribution in [0.1, 0.15) is 54.5 Å². The molecule has 2 nitrogen and oxygen atoms in total. The summed E-state index contributed by atoms with van der Waals surface area (Å²) < 4.78 is 0. The Morgan fingerprint density at radius 2 is 1.70 bits per heavy atom. The van der Waals surface area contributed by atoms with Crippen LogP contribution in [0.25, 0.3) is 0 Å². The molecule has 0 aliphatic carbocycles. The average Bonchev–Trinajstić information content (AvgIpc) is 2.75. The molecular formula is C19H26Cl2N2. The topological polar surface area (TPSA) is 24.9 Å². The Labute approximate surface area is 151 Å². The fraction of sp³-hybridized carbons (Fsp3) is 0.421. The number of pyridine rings is 1. The lowest BCUT2D eigenvalue weighted by Gasteiger charge is -2.27. The van der Waals surface area contributed by atoms with E-state index in [4.69, 9.17) is 0 Å². The first-order chi connectivity index (χ1) is 9.97. The van der Waals surface area contributed by atoms with Gasteiger partial charge in [0, 0.05) is 29.9 Å². The minimum absolute atomic E-state index is 0. The minimum Gasteiger partial charge on any atom is -0.304 e. The summed E-state index contributed by atoms with van der Waals surface area (Å²) in [7, 11) is 0. The molecule has 126 valence electrons. The zero-order chi connectivity index (χ0) is 15.0. The van der Waals surface area contributed by atoms with E-state index in [0.29, 0.717) is 12.0 Å². The van der Waals surface area contributed by atoms with E-state index in [2.05, 4.69) is 68.3 Å². The molecule has 0 amide bonds. The number of hydrogen-bond acceptors (Lipinski definition) is 2. The fourth-order valence-electron chi connectivity index (χ4n) is 3.71. The van der Waals surface area contributed by atoms with Crippen molar-refractivity contribution in [3.8, 4) is 0 Å². The summed E-state index contributed by atoms with van der Waals surface area (Å²) in [5.41, 5.74) is 5.64. The van der Waals surface area contributed by atoms with Gasteiger partial charge in [0.2, 0.25) is 0 Å². The van der Waals surface area contributed by atoms with Crippen LogP contribution < -0.4 is 5.32 Å². The number of aromatic nitrogens is 1. The van der Waals surface area contributed by atoms with Crippen LogP contribution >= 0.6 is 24.8 Å². The molecule has 1 N–H and O–H groups in total. The molecule has 3 rings (SSSR count). The lowest BCUT2D eigenvalue weighted by atomic mass is 9.82. The molecule has 1 saturated heterocycles. The van der Waals surface area contributed by atoms with Gasteiger partial charge in [0.1, 0.15) is 0 Å². The zero-order valence-electron chi connectivity index (χ0n) is 14.2. The van der Waals surface area contributed by atoms with E-state index in [1.165, 1.54) is 22.3 Å². The monoisotopic (exact) mass is 352 g/mol. The molecule has 1 aliphatic heterocycles. The van der Waals surface area contributed by atoms with E-state index >= 15 is 0 Å². The SMILES string of the molecule is Cc1ccc([C@@H]2C[C@H](c3ccncc3)C(C)(C)N2)c(C)c1.Cl.Cl. The molecule has 0 bridgehead atoms. The third-order valence-electron chi connectivity index (χ3n) is 4.80. The van der Waals surface area contributed by atoms with Crippen molar-refractivity contribution >= 4 is 24.8 Å². The summed E-state index contributed by atoms with van der Waals surface area (Å²) in [5.74, 6) is 0.520. The zero-order valence-corrected chi connectivity index (χ0v) is 15.8. The second-order valence-corrected chi connectivity index (χ2v) is 6.85. The maximum absolute atomic E-state index is 4.15. The van der Waals surface area contributed by atoms with Gasteiger partial charge < -0.3 is 5.32 Å². The summed E-state index contributed by atoms with van der Waals surface area (Å²) in [5, 5.41) is 3.83. The molecule has 0 unspecified atom stereocenters. The van der Waals surface area contributed by atoms with Crippen LogP contribution in [0.4, 0.5) is 0 Å². The fourth-order valence-corrected chi connectivity index (χ4v) is 3.71. The Morgan fingerprint density at radius 3 is 2.30 bits per heavy atom. The van der Waals surface area contributed by atoms with Gasteiger partial charge >= 0.3 is 0 Å². The van der Waals surface area contributed by atoms with Gasteiger partial charge in [-0.05, 0) is 62.9 Å². The first kappa shape index (κ1) is 20.0. The molecule has 1 aromatic heterocycles. The molecule has 0 radical (unpaired) electrons. The van der Waals surface area contributed by atoms with Crippen molar-refractivity contribution in [2.75, 3.05) is 0 Å². The van der Waals surface area contributed by atoms with Gasteiger partial charge in [-0.25, -0.2) is 0 Å². The third-order valence-corrected chi connectivity index (χ3v) is 4.80. The molecule has 1 aliphatic rings. The highest BCUT2D eigenvalue weighted by atomic mass is 35.5. The van der Waals surface area contributed by atoms with Crippen molar-refractivity contribution in [3.63, 3.8) is 0 Å². The molecule has 2 aromatic rings. The number of rotatable bonds is 2. The normalized spacial score (nSPS) is 22.1. The molecular weight excluding hydrogens is 327 g/mol. The third kappa shape index (κ3) is 4.06. The Kier molecular flexibility index (Phi) is 6.64. The molecule has 0 saturated carbocycles. The van der Waals surface area contributed by atoms with E-state index in [-0.39, 0.29) is 30.4 Å². The predicted octanol–water partition coefficient (Wildman–Crippen LogP) is 5.14. The molecule has 4 heteroatoms. The molecule has 1 fully saturated rings. The standard InChI is InChI=1S/C19H24N2.2ClH/c1-13-5-6-16(14(2)11-13)18-12-17(19(3,4)21-18)15-7-9-20-10-8-15;;/h5-11,17-18,21H,12H2,1-4H3;2*1H/t17-,18+;;/m1../s1. The summed E-state index contributed by atoms with van der Waals surface area (Å²) >= 11 is 0. The highest BCUT2D eigenvalue weighted by Gasteiger charge is 2.41. The molecule has 1 aromatic carbocycles. The second kappa shape index (κ2) is 7.65. The average molecular weight is 353 g/mol. The first-order valence-corrected chi connectivity index (χ1v) is 7.72. The maximum atomic E-state index is 4.15. The summed E-state index contributed by atoms with van der Waals surface area (Å²) in [6.07, 6.45) is 4.94. The van der Waals surface area contributed by atoms with Gasteiger partial charge in [-0.1, -0.05) is 23.8 Å². The van der Waals surface area contributed by atoms with Crippen LogP contribution in [-0.4, -0.2) is 10.5 Å². The van der Waals surface area contributed by atoms with Gasteiger partial charge in [0.05, 0.1) is 0 Å². The van der Waals surface area contributed by atoms with Crippen molar-refractivity contribution < 1.29 is 0 Å².